The lowest BCUT2D eigenvalue weighted by molar-refractivity contribution is -0.155. The molecule has 3 rings (SSSR count). The van der Waals surface area contributed by atoms with Gasteiger partial charge in [-0.3, -0.25) is 9.59 Å². The Morgan fingerprint density at radius 2 is 2.08 bits per heavy atom. The second-order valence-corrected chi connectivity index (χ2v) is 6.69. The summed E-state index contributed by atoms with van der Waals surface area (Å²) in [5, 5.41) is 2.98. The van der Waals surface area contributed by atoms with Crippen LogP contribution in [0, 0.1) is 0 Å². The molecule has 2 amide bonds. The van der Waals surface area contributed by atoms with Crippen LogP contribution >= 0.6 is 0 Å². The van der Waals surface area contributed by atoms with E-state index in [-0.39, 0.29) is 25.0 Å². The van der Waals surface area contributed by atoms with E-state index in [2.05, 4.69) is 11.4 Å². The fourth-order valence-corrected chi connectivity index (χ4v) is 3.40. The SMILES string of the molecule is O=C(NCCC1=CCCCC1)C1COCC(=O)N1Cc1ccccc1. The molecule has 2 aliphatic rings. The van der Waals surface area contributed by atoms with Crippen molar-refractivity contribution >= 4 is 11.8 Å². The molecule has 0 spiro atoms. The van der Waals surface area contributed by atoms with Crippen molar-refractivity contribution in [3.05, 3.63) is 47.5 Å². The van der Waals surface area contributed by atoms with Gasteiger partial charge >= 0.3 is 0 Å². The van der Waals surface area contributed by atoms with Gasteiger partial charge in [0.25, 0.3) is 0 Å². The largest absolute Gasteiger partial charge is 0.369 e. The third-order valence-electron chi connectivity index (χ3n) is 4.83. The second-order valence-electron chi connectivity index (χ2n) is 6.69. The van der Waals surface area contributed by atoms with Gasteiger partial charge in [0, 0.05) is 13.1 Å². The van der Waals surface area contributed by atoms with Crippen molar-refractivity contribution in [1.82, 2.24) is 10.2 Å². The van der Waals surface area contributed by atoms with Gasteiger partial charge in [-0.15, -0.1) is 0 Å². The summed E-state index contributed by atoms with van der Waals surface area (Å²) < 4.78 is 5.32. The highest BCUT2D eigenvalue weighted by Gasteiger charge is 2.33. The molecule has 0 aromatic heterocycles. The van der Waals surface area contributed by atoms with Crippen LogP contribution < -0.4 is 5.32 Å². The third kappa shape index (κ3) is 4.92. The number of carbonyl (C=O) groups is 2. The number of hydrogen-bond acceptors (Lipinski definition) is 3. The Labute approximate surface area is 149 Å². The highest BCUT2D eigenvalue weighted by molar-refractivity contribution is 5.89. The number of rotatable bonds is 6. The van der Waals surface area contributed by atoms with Crippen LogP contribution in [0.2, 0.25) is 0 Å². The maximum atomic E-state index is 12.6. The molecular formula is C20H26N2O3. The van der Waals surface area contributed by atoms with E-state index < -0.39 is 6.04 Å². The van der Waals surface area contributed by atoms with Gasteiger partial charge in [-0.2, -0.15) is 0 Å². The van der Waals surface area contributed by atoms with Crippen LogP contribution in [-0.4, -0.2) is 42.5 Å². The van der Waals surface area contributed by atoms with Crippen molar-refractivity contribution in [2.45, 2.75) is 44.7 Å². The van der Waals surface area contributed by atoms with Gasteiger partial charge in [-0.05, 0) is 37.7 Å². The number of morpholine rings is 1. The second kappa shape index (κ2) is 8.81. The summed E-state index contributed by atoms with van der Waals surface area (Å²) in [6.45, 7) is 1.36. The first kappa shape index (κ1) is 17.7. The first-order valence-electron chi connectivity index (χ1n) is 9.11. The van der Waals surface area contributed by atoms with Crippen molar-refractivity contribution in [2.75, 3.05) is 19.8 Å². The Hall–Kier alpha value is -2.14. The number of benzene rings is 1. The summed E-state index contributed by atoms with van der Waals surface area (Å²) in [6, 6.07) is 9.19. The van der Waals surface area contributed by atoms with Crippen LogP contribution in [0.4, 0.5) is 0 Å². The van der Waals surface area contributed by atoms with Crippen molar-refractivity contribution in [2.24, 2.45) is 0 Å². The molecule has 1 fully saturated rings. The van der Waals surface area contributed by atoms with Gasteiger partial charge in [0.15, 0.2) is 0 Å². The smallest absolute Gasteiger partial charge is 0.249 e. The average Bonchev–Trinajstić information content (AvgIpc) is 2.65. The van der Waals surface area contributed by atoms with Crippen LogP contribution in [-0.2, 0) is 20.9 Å². The molecule has 1 aliphatic heterocycles. The van der Waals surface area contributed by atoms with Crippen LogP contribution in [0.1, 0.15) is 37.7 Å². The number of hydrogen-bond donors (Lipinski definition) is 1. The fraction of sp³-hybridized carbons (Fsp3) is 0.500. The fourth-order valence-electron chi connectivity index (χ4n) is 3.40. The van der Waals surface area contributed by atoms with E-state index in [4.69, 9.17) is 4.74 Å². The van der Waals surface area contributed by atoms with Crippen molar-refractivity contribution < 1.29 is 14.3 Å². The van der Waals surface area contributed by atoms with Gasteiger partial charge in [-0.1, -0.05) is 42.0 Å². The van der Waals surface area contributed by atoms with E-state index in [9.17, 15) is 9.59 Å². The van der Waals surface area contributed by atoms with E-state index in [0.717, 1.165) is 24.8 Å². The summed E-state index contributed by atoms with van der Waals surface area (Å²) in [5.41, 5.74) is 2.45. The van der Waals surface area contributed by atoms with Gasteiger partial charge in [0.1, 0.15) is 12.6 Å². The first-order valence-corrected chi connectivity index (χ1v) is 9.11. The summed E-state index contributed by atoms with van der Waals surface area (Å²) in [7, 11) is 0. The minimum absolute atomic E-state index is 0.0451. The van der Waals surface area contributed by atoms with E-state index >= 15 is 0 Å². The molecule has 5 nitrogen and oxygen atoms in total. The lowest BCUT2D eigenvalue weighted by atomic mass is 9.97. The van der Waals surface area contributed by atoms with E-state index in [1.807, 2.05) is 30.3 Å². The molecule has 1 heterocycles. The Balaban J connectivity index is 1.56. The topological polar surface area (TPSA) is 58.6 Å². The Bertz CT molecular complexity index is 627. The molecule has 0 radical (unpaired) electrons. The van der Waals surface area contributed by atoms with Gasteiger partial charge in [0.05, 0.1) is 6.61 Å². The lowest BCUT2D eigenvalue weighted by Crippen LogP contribution is -2.56. The monoisotopic (exact) mass is 342 g/mol. The van der Waals surface area contributed by atoms with Crippen LogP contribution in [0.25, 0.3) is 0 Å². The highest BCUT2D eigenvalue weighted by Crippen LogP contribution is 2.19. The van der Waals surface area contributed by atoms with Crippen LogP contribution in [0.15, 0.2) is 42.0 Å². The molecule has 1 aromatic rings. The summed E-state index contributed by atoms with van der Waals surface area (Å²) in [5.74, 6) is -0.259. The molecule has 1 atom stereocenters. The van der Waals surface area contributed by atoms with E-state index in [1.54, 1.807) is 4.90 Å². The highest BCUT2D eigenvalue weighted by atomic mass is 16.5. The number of nitrogens with one attached hydrogen (secondary N) is 1. The van der Waals surface area contributed by atoms with Crippen LogP contribution in [0.3, 0.4) is 0 Å². The zero-order chi connectivity index (χ0) is 17.5. The molecule has 1 unspecified atom stereocenters. The minimum Gasteiger partial charge on any atom is -0.369 e. The number of amides is 2. The van der Waals surface area contributed by atoms with E-state index in [1.165, 1.54) is 18.4 Å². The Morgan fingerprint density at radius 3 is 2.84 bits per heavy atom. The molecule has 0 saturated carbocycles. The van der Waals surface area contributed by atoms with Crippen LogP contribution in [0.5, 0.6) is 0 Å². The molecule has 134 valence electrons. The molecule has 25 heavy (non-hydrogen) atoms. The summed E-state index contributed by atoms with van der Waals surface area (Å²) >= 11 is 0. The zero-order valence-corrected chi connectivity index (χ0v) is 14.6. The summed E-state index contributed by atoms with van der Waals surface area (Å²) in [6.07, 6.45) is 8.00. The molecule has 1 aromatic carbocycles. The van der Waals surface area contributed by atoms with Crippen molar-refractivity contribution in [3.63, 3.8) is 0 Å². The average molecular weight is 342 g/mol. The number of ether oxygens (including phenoxy) is 1. The quantitative estimate of drug-likeness (QED) is 0.808. The van der Waals surface area contributed by atoms with Gasteiger partial charge in [-0.25, -0.2) is 0 Å². The Kier molecular flexibility index (Phi) is 6.23. The third-order valence-corrected chi connectivity index (χ3v) is 4.83. The van der Waals surface area contributed by atoms with Gasteiger partial charge < -0.3 is 15.0 Å². The zero-order valence-electron chi connectivity index (χ0n) is 14.6. The van der Waals surface area contributed by atoms with E-state index in [0.29, 0.717) is 13.1 Å². The molecule has 1 aliphatic carbocycles. The van der Waals surface area contributed by atoms with Gasteiger partial charge in [0.2, 0.25) is 11.8 Å². The molecule has 1 N–H and O–H groups in total. The maximum Gasteiger partial charge on any atom is 0.249 e. The number of carbonyl (C=O) groups excluding carboxylic acids is 2. The number of nitrogens with zero attached hydrogens (tertiary/aromatic N) is 1. The molecule has 1 saturated heterocycles. The molecular weight excluding hydrogens is 316 g/mol. The van der Waals surface area contributed by atoms with Crippen molar-refractivity contribution in [3.8, 4) is 0 Å². The van der Waals surface area contributed by atoms with Crippen molar-refractivity contribution in [1.29, 1.82) is 0 Å². The predicted molar refractivity (Wildman–Crippen MR) is 95.8 cm³/mol. The first-order chi connectivity index (χ1) is 12.2. The number of allylic oxidation sites excluding steroid dienone is 1. The maximum absolute atomic E-state index is 12.6. The normalized spacial score (nSPS) is 21.0. The summed E-state index contributed by atoms with van der Waals surface area (Å²) in [4.78, 5) is 26.5. The standard InChI is InChI=1S/C20H26N2O3/c23-19-15-25-14-18(22(19)13-17-9-5-2-6-10-17)20(24)21-12-11-16-7-3-1-4-8-16/h2,5-7,9-10,18H,1,3-4,8,11-15H2,(H,21,24). The molecule has 0 bridgehead atoms. The molecule has 5 heteroatoms. The predicted octanol–water partition coefficient (Wildman–Crippen LogP) is 2.42. The lowest BCUT2D eigenvalue weighted by Gasteiger charge is -2.34. The Morgan fingerprint density at radius 1 is 1.24 bits per heavy atom. The minimum atomic E-state index is -0.554.